The summed E-state index contributed by atoms with van der Waals surface area (Å²) in [4.78, 5) is 35.9. The molecule has 1 aliphatic heterocycles. The minimum Gasteiger partial charge on any atom is -0.463 e. The van der Waals surface area contributed by atoms with Crippen molar-refractivity contribution in [3.05, 3.63) is 12.2 Å². The van der Waals surface area contributed by atoms with Crippen LogP contribution in [0.2, 0.25) is 0 Å². The first kappa shape index (κ1) is 13.4. The lowest BCUT2D eigenvalue weighted by molar-refractivity contribution is -0.141. The lowest BCUT2D eigenvalue weighted by atomic mass is 9.92. The standard InChI is InChI=1S/C12H17NO4/c1-5-17-10(15)8(2)7-13-9(14)6-12(3,4)11(13)16/h2,5-7H2,1,3-4H3. The van der Waals surface area contributed by atoms with Gasteiger partial charge in [0, 0.05) is 12.0 Å². The molecule has 5 nitrogen and oxygen atoms in total. The van der Waals surface area contributed by atoms with Crippen LogP contribution in [0.25, 0.3) is 0 Å². The first-order valence-electron chi connectivity index (χ1n) is 5.49. The van der Waals surface area contributed by atoms with Crippen molar-refractivity contribution in [3.8, 4) is 0 Å². The van der Waals surface area contributed by atoms with Gasteiger partial charge in [0.25, 0.3) is 0 Å². The summed E-state index contributed by atoms with van der Waals surface area (Å²) in [6.45, 7) is 8.79. The third-order valence-corrected chi connectivity index (χ3v) is 2.63. The average Bonchev–Trinajstić information content (AvgIpc) is 2.41. The molecule has 0 aromatic carbocycles. The van der Waals surface area contributed by atoms with E-state index < -0.39 is 11.4 Å². The third kappa shape index (κ3) is 2.72. The van der Waals surface area contributed by atoms with Crippen LogP contribution in [0.3, 0.4) is 0 Å². The van der Waals surface area contributed by atoms with Gasteiger partial charge in [0.15, 0.2) is 0 Å². The summed E-state index contributed by atoms with van der Waals surface area (Å²) in [6.07, 6.45) is 0.169. The monoisotopic (exact) mass is 239 g/mol. The van der Waals surface area contributed by atoms with Gasteiger partial charge in [-0.15, -0.1) is 0 Å². The molecular weight excluding hydrogens is 222 g/mol. The summed E-state index contributed by atoms with van der Waals surface area (Å²) in [5, 5.41) is 0. The Hall–Kier alpha value is -1.65. The highest BCUT2D eigenvalue weighted by Crippen LogP contribution is 2.31. The summed E-state index contributed by atoms with van der Waals surface area (Å²) in [7, 11) is 0. The van der Waals surface area contributed by atoms with Gasteiger partial charge in [-0.25, -0.2) is 4.79 Å². The van der Waals surface area contributed by atoms with Crippen LogP contribution in [-0.4, -0.2) is 35.8 Å². The maximum absolute atomic E-state index is 11.9. The van der Waals surface area contributed by atoms with E-state index in [-0.39, 0.29) is 37.0 Å². The first-order valence-corrected chi connectivity index (χ1v) is 5.49. The van der Waals surface area contributed by atoms with E-state index in [2.05, 4.69) is 6.58 Å². The zero-order valence-electron chi connectivity index (χ0n) is 10.4. The molecule has 0 saturated carbocycles. The fourth-order valence-electron chi connectivity index (χ4n) is 1.68. The van der Waals surface area contributed by atoms with Crippen LogP contribution in [0.4, 0.5) is 0 Å². The molecule has 1 saturated heterocycles. The molecule has 1 aliphatic rings. The number of imide groups is 1. The Bertz CT molecular complexity index is 384. The molecule has 0 atom stereocenters. The molecule has 94 valence electrons. The predicted molar refractivity (Wildman–Crippen MR) is 60.9 cm³/mol. The van der Waals surface area contributed by atoms with E-state index >= 15 is 0 Å². The van der Waals surface area contributed by atoms with Gasteiger partial charge >= 0.3 is 5.97 Å². The van der Waals surface area contributed by atoms with Crippen LogP contribution in [0.5, 0.6) is 0 Å². The molecule has 0 bridgehead atoms. The van der Waals surface area contributed by atoms with Crippen LogP contribution >= 0.6 is 0 Å². The number of hydrogen-bond donors (Lipinski definition) is 0. The number of carbonyl (C=O) groups is 3. The predicted octanol–water partition coefficient (Wildman–Crippen LogP) is 0.891. The minimum atomic E-state index is -0.688. The van der Waals surface area contributed by atoms with Crippen molar-refractivity contribution in [2.24, 2.45) is 5.41 Å². The van der Waals surface area contributed by atoms with Gasteiger partial charge in [-0.05, 0) is 6.92 Å². The number of likely N-dealkylation sites (tertiary alicyclic amines) is 1. The molecule has 0 aliphatic carbocycles. The molecule has 0 unspecified atom stereocenters. The molecule has 1 rings (SSSR count). The molecule has 1 fully saturated rings. The Morgan fingerprint density at radius 3 is 2.47 bits per heavy atom. The Kier molecular flexibility index (Phi) is 3.70. The van der Waals surface area contributed by atoms with Crippen molar-refractivity contribution in [2.45, 2.75) is 27.2 Å². The van der Waals surface area contributed by atoms with Crippen LogP contribution in [0.1, 0.15) is 27.2 Å². The van der Waals surface area contributed by atoms with E-state index in [0.29, 0.717) is 0 Å². The largest absolute Gasteiger partial charge is 0.463 e. The molecule has 0 N–H and O–H groups in total. The Morgan fingerprint density at radius 2 is 2.06 bits per heavy atom. The SMILES string of the molecule is C=C(CN1C(=O)CC(C)(C)C1=O)C(=O)OCC. The molecule has 0 radical (unpaired) electrons. The van der Waals surface area contributed by atoms with E-state index in [0.717, 1.165) is 4.90 Å². The summed E-state index contributed by atoms with van der Waals surface area (Å²) in [5.41, 5.74) is -0.572. The molecule has 0 spiro atoms. The maximum atomic E-state index is 11.9. The summed E-state index contributed by atoms with van der Waals surface area (Å²) < 4.78 is 4.75. The van der Waals surface area contributed by atoms with Crippen molar-refractivity contribution >= 4 is 17.8 Å². The minimum absolute atomic E-state index is 0.0834. The molecule has 2 amide bonds. The molecule has 0 aromatic heterocycles. The average molecular weight is 239 g/mol. The highest BCUT2D eigenvalue weighted by molar-refractivity contribution is 6.06. The maximum Gasteiger partial charge on any atom is 0.335 e. The topological polar surface area (TPSA) is 63.7 Å². The zero-order valence-corrected chi connectivity index (χ0v) is 10.4. The highest BCUT2D eigenvalue weighted by atomic mass is 16.5. The second kappa shape index (κ2) is 4.69. The van der Waals surface area contributed by atoms with Crippen molar-refractivity contribution < 1.29 is 19.1 Å². The summed E-state index contributed by atoms with van der Waals surface area (Å²) in [5.74, 6) is -1.11. The second-order valence-electron chi connectivity index (χ2n) is 4.67. The lowest BCUT2D eigenvalue weighted by Gasteiger charge is -2.18. The summed E-state index contributed by atoms with van der Waals surface area (Å²) in [6, 6.07) is 0. The van der Waals surface area contributed by atoms with Gasteiger partial charge in [-0.3, -0.25) is 14.5 Å². The van der Waals surface area contributed by atoms with Gasteiger partial charge in [0.05, 0.1) is 18.6 Å². The lowest BCUT2D eigenvalue weighted by Crippen LogP contribution is -2.35. The van der Waals surface area contributed by atoms with Crippen molar-refractivity contribution in [1.29, 1.82) is 0 Å². The van der Waals surface area contributed by atoms with E-state index in [1.165, 1.54) is 0 Å². The molecule has 0 aromatic rings. The Morgan fingerprint density at radius 1 is 1.47 bits per heavy atom. The van der Waals surface area contributed by atoms with Crippen LogP contribution in [-0.2, 0) is 19.1 Å². The number of amides is 2. The van der Waals surface area contributed by atoms with Gasteiger partial charge in [0.1, 0.15) is 0 Å². The van der Waals surface area contributed by atoms with Gasteiger partial charge in [0.2, 0.25) is 11.8 Å². The molecule has 1 heterocycles. The van der Waals surface area contributed by atoms with E-state index in [9.17, 15) is 14.4 Å². The van der Waals surface area contributed by atoms with Gasteiger partial charge < -0.3 is 4.74 Å². The van der Waals surface area contributed by atoms with Crippen molar-refractivity contribution in [3.63, 3.8) is 0 Å². The van der Waals surface area contributed by atoms with Crippen LogP contribution < -0.4 is 0 Å². The second-order valence-corrected chi connectivity index (χ2v) is 4.67. The van der Waals surface area contributed by atoms with Crippen molar-refractivity contribution in [1.82, 2.24) is 4.90 Å². The fraction of sp³-hybridized carbons (Fsp3) is 0.583. The Balaban J connectivity index is 2.70. The van der Waals surface area contributed by atoms with E-state index in [1.54, 1.807) is 20.8 Å². The normalized spacial score (nSPS) is 18.4. The number of hydrogen-bond acceptors (Lipinski definition) is 4. The smallest absolute Gasteiger partial charge is 0.335 e. The number of esters is 1. The molecule has 5 heteroatoms. The van der Waals surface area contributed by atoms with E-state index in [4.69, 9.17) is 4.74 Å². The van der Waals surface area contributed by atoms with Crippen LogP contribution in [0.15, 0.2) is 12.2 Å². The molecular formula is C12H17NO4. The van der Waals surface area contributed by atoms with Crippen molar-refractivity contribution in [2.75, 3.05) is 13.2 Å². The summed E-state index contributed by atoms with van der Waals surface area (Å²) >= 11 is 0. The number of ether oxygens (including phenoxy) is 1. The van der Waals surface area contributed by atoms with Gasteiger partial charge in [-0.1, -0.05) is 20.4 Å². The van der Waals surface area contributed by atoms with E-state index in [1.807, 2.05) is 0 Å². The highest BCUT2D eigenvalue weighted by Gasteiger charge is 2.45. The number of carbonyl (C=O) groups excluding carboxylic acids is 3. The third-order valence-electron chi connectivity index (χ3n) is 2.63. The van der Waals surface area contributed by atoms with Crippen LogP contribution in [0, 0.1) is 5.41 Å². The Labute approximate surface area is 100 Å². The fourth-order valence-corrected chi connectivity index (χ4v) is 1.68. The molecule has 17 heavy (non-hydrogen) atoms. The number of nitrogens with zero attached hydrogens (tertiary/aromatic N) is 1. The quantitative estimate of drug-likeness (QED) is 0.415. The zero-order chi connectivity index (χ0) is 13.2. The first-order chi connectivity index (χ1) is 7.79. The van der Waals surface area contributed by atoms with Gasteiger partial charge in [-0.2, -0.15) is 0 Å². The number of rotatable bonds is 4.